The van der Waals surface area contributed by atoms with Crippen LogP contribution in [0.3, 0.4) is 0 Å². The van der Waals surface area contributed by atoms with Crippen LogP contribution in [0.4, 0.5) is 13.2 Å². The minimum atomic E-state index is -4.44. The molecule has 1 heterocycles. The van der Waals surface area contributed by atoms with Crippen LogP contribution >= 0.6 is 0 Å². The van der Waals surface area contributed by atoms with Crippen molar-refractivity contribution in [3.63, 3.8) is 0 Å². The Morgan fingerprint density at radius 3 is 2.55 bits per heavy atom. The molecule has 2 aromatic carbocycles. The largest absolute Gasteiger partial charge is 0.481 e. The van der Waals surface area contributed by atoms with E-state index in [-0.39, 0.29) is 11.9 Å². The summed E-state index contributed by atoms with van der Waals surface area (Å²) in [7, 11) is 0. The molecule has 0 atom stereocenters. The second-order valence-corrected chi connectivity index (χ2v) is 4.95. The molecule has 0 aliphatic carbocycles. The van der Waals surface area contributed by atoms with Gasteiger partial charge in [0.1, 0.15) is 0 Å². The van der Waals surface area contributed by atoms with Crippen LogP contribution in [0.25, 0.3) is 21.8 Å². The monoisotopic (exact) mass is 305 g/mol. The standard InChI is InChI=1S/C16H10F3NO2/c17-16(18,19)12-5-4-9-6-10-2-1-3-11(7-14(21)22)15(10)20-13(9)8-12/h1-6,8H,7H2,(H,21,22). The lowest BCUT2D eigenvalue weighted by Crippen LogP contribution is -2.05. The third-order valence-electron chi connectivity index (χ3n) is 3.39. The molecule has 1 N–H and O–H groups in total. The first kappa shape index (κ1) is 14.3. The van der Waals surface area contributed by atoms with E-state index in [1.807, 2.05) is 0 Å². The molecule has 0 saturated heterocycles. The van der Waals surface area contributed by atoms with Crippen molar-refractivity contribution in [3.8, 4) is 0 Å². The number of hydrogen-bond acceptors (Lipinski definition) is 2. The second-order valence-electron chi connectivity index (χ2n) is 4.95. The highest BCUT2D eigenvalue weighted by Gasteiger charge is 2.30. The minimum absolute atomic E-state index is 0.195. The maximum atomic E-state index is 12.8. The Balaban J connectivity index is 2.26. The molecule has 0 radical (unpaired) electrons. The van der Waals surface area contributed by atoms with E-state index in [1.54, 1.807) is 24.3 Å². The Hall–Kier alpha value is -2.63. The molecule has 3 rings (SSSR count). The molecule has 0 saturated carbocycles. The summed E-state index contributed by atoms with van der Waals surface area (Å²) in [4.78, 5) is 15.1. The Labute approximate surface area is 123 Å². The summed E-state index contributed by atoms with van der Waals surface area (Å²) >= 11 is 0. The summed E-state index contributed by atoms with van der Waals surface area (Å²) in [6, 6.07) is 10.1. The summed E-state index contributed by atoms with van der Waals surface area (Å²) < 4.78 is 38.3. The highest BCUT2D eigenvalue weighted by Crippen LogP contribution is 2.32. The Morgan fingerprint density at radius 2 is 1.86 bits per heavy atom. The van der Waals surface area contributed by atoms with E-state index in [0.29, 0.717) is 21.9 Å². The summed E-state index contributed by atoms with van der Waals surface area (Å²) in [6.07, 6.45) is -4.67. The van der Waals surface area contributed by atoms with Gasteiger partial charge < -0.3 is 5.11 Å². The van der Waals surface area contributed by atoms with E-state index in [0.717, 1.165) is 12.1 Å². The zero-order chi connectivity index (χ0) is 15.9. The lowest BCUT2D eigenvalue weighted by molar-refractivity contribution is -0.138. The number of pyridine rings is 1. The first-order valence-electron chi connectivity index (χ1n) is 6.46. The van der Waals surface area contributed by atoms with Crippen LogP contribution in [0.5, 0.6) is 0 Å². The van der Waals surface area contributed by atoms with E-state index in [1.165, 1.54) is 6.07 Å². The van der Waals surface area contributed by atoms with Crippen LogP contribution in [0.1, 0.15) is 11.1 Å². The molecule has 112 valence electrons. The number of benzene rings is 2. The lowest BCUT2D eigenvalue weighted by Gasteiger charge is -2.09. The normalized spacial score (nSPS) is 12.0. The van der Waals surface area contributed by atoms with Gasteiger partial charge in [0.05, 0.1) is 23.0 Å². The van der Waals surface area contributed by atoms with Crippen molar-refractivity contribution in [2.75, 3.05) is 0 Å². The zero-order valence-electron chi connectivity index (χ0n) is 11.2. The fraction of sp³-hybridized carbons (Fsp3) is 0.125. The van der Waals surface area contributed by atoms with Gasteiger partial charge in [0, 0.05) is 10.8 Å². The first-order chi connectivity index (χ1) is 10.3. The molecule has 3 aromatic rings. The quantitative estimate of drug-likeness (QED) is 0.727. The predicted octanol–water partition coefficient (Wildman–Crippen LogP) is 4.03. The van der Waals surface area contributed by atoms with Crippen LogP contribution in [0, 0.1) is 0 Å². The summed E-state index contributed by atoms with van der Waals surface area (Å²) in [5.41, 5.74) is 0.309. The number of carboxylic acids is 1. The highest BCUT2D eigenvalue weighted by atomic mass is 19.4. The van der Waals surface area contributed by atoms with Gasteiger partial charge in [-0.05, 0) is 23.8 Å². The summed E-state index contributed by atoms with van der Waals surface area (Å²) in [6.45, 7) is 0. The zero-order valence-corrected chi connectivity index (χ0v) is 11.2. The van der Waals surface area contributed by atoms with Gasteiger partial charge in [-0.3, -0.25) is 4.79 Å². The van der Waals surface area contributed by atoms with Crippen LogP contribution in [-0.4, -0.2) is 16.1 Å². The molecule has 0 spiro atoms. The lowest BCUT2D eigenvalue weighted by atomic mass is 10.0. The Morgan fingerprint density at radius 1 is 1.09 bits per heavy atom. The Kier molecular flexibility index (Phi) is 3.24. The third-order valence-corrected chi connectivity index (χ3v) is 3.39. The number of rotatable bonds is 2. The number of aliphatic carboxylic acids is 1. The fourth-order valence-electron chi connectivity index (χ4n) is 2.40. The van der Waals surface area contributed by atoms with E-state index in [2.05, 4.69) is 4.98 Å². The number of fused-ring (bicyclic) bond motifs is 2. The molecule has 22 heavy (non-hydrogen) atoms. The predicted molar refractivity (Wildman–Crippen MR) is 75.6 cm³/mol. The molecular weight excluding hydrogens is 295 g/mol. The molecule has 0 fully saturated rings. The van der Waals surface area contributed by atoms with Crippen molar-refractivity contribution in [2.45, 2.75) is 12.6 Å². The average molecular weight is 305 g/mol. The molecule has 3 nitrogen and oxygen atoms in total. The molecule has 0 amide bonds. The van der Waals surface area contributed by atoms with Gasteiger partial charge in [0.25, 0.3) is 0 Å². The van der Waals surface area contributed by atoms with E-state index in [9.17, 15) is 18.0 Å². The molecule has 0 aliphatic rings. The van der Waals surface area contributed by atoms with Crippen LogP contribution in [0.2, 0.25) is 0 Å². The minimum Gasteiger partial charge on any atom is -0.481 e. The molecule has 0 bridgehead atoms. The molecule has 0 unspecified atom stereocenters. The summed E-state index contributed by atoms with van der Waals surface area (Å²) in [5, 5.41) is 10.2. The van der Waals surface area contributed by atoms with Gasteiger partial charge in [-0.2, -0.15) is 13.2 Å². The van der Waals surface area contributed by atoms with Gasteiger partial charge in [-0.1, -0.05) is 24.3 Å². The number of aromatic nitrogens is 1. The number of halogens is 3. The maximum absolute atomic E-state index is 12.8. The third kappa shape index (κ3) is 2.59. The van der Waals surface area contributed by atoms with E-state index < -0.39 is 17.7 Å². The van der Waals surface area contributed by atoms with Gasteiger partial charge in [-0.15, -0.1) is 0 Å². The van der Waals surface area contributed by atoms with Crippen LogP contribution in [0.15, 0.2) is 42.5 Å². The van der Waals surface area contributed by atoms with Crippen molar-refractivity contribution in [1.82, 2.24) is 4.98 Å². The number of para-hydroxylation sites is 1. The van der Waals surface area contributed by atoms with E-state index >= 15 is 0 Å². The van der Waals surface area contributed by atoms with Crippen molar-refractivity contribution in [3.05, 3.63) is 53.6 Å². The molecular formula is C16H10F3NO2. The number of nitrogens with zero attached hydrogens (tertiary/aromatic N) is 1. The number of alkyl halides is 3. The van der Waals surface area contributed by atoms with Crippen molar-refractivity contribution >= 4 is 27.8 Å². The van der Waals surface area contributed by atoms with Crippen molar-refractivity contribution < 1.29 is 23.1 Å². The number of carbonyl (C=O) groups is 1. The van der Waals surface area contributed by atoms with Gasteiger partial charge in [-0.25, -0.2) is 4.98 Å². The van der Waals surface area contributed by atoms with Gasteiger partial charge in [0.2, 0.25) is 0 Å². The second kappa shape index (κ2) is 4.98. The van der Waals surface area contributed by atoms with Crippen LogP contribution < -0.4 is 0 Å². The van der Waals surface area contributed by atoms with Crippen LogP contribution in [-0.2, 0) is 17.4 Å². The molecule has 0 aliphatic heterocycles. The number of carboxylic acid groups (broad SMARTS) is 1. The maximum Gasteiger partial charge on any atom is 0.416 e. The summed E-state index contributed by atoms with van der Waals surface area (Å²) in [5.74, 6) is -1.02. The fourth-order valence-corrected chi connectivity index (χ4v) is 2.40. The SMILES string of the molecule is O=C(O)Cc1cccc2cc3ccc(C(F)(F)F)cc3nc12. The van der Waals surface area contributed by atoms with Gasteiger partial charge >= 0.3 is 12.1 Å². The first-order valence-corrected chi connectivity index (χ1v) is 6.46. The smallest absolute Gasteiger partial charge is 0.416 e. The Bertz CT molecular complexity index is 888. The highest BCUT2D eigenvalue weighted by molar-refractivity contribution is 5.95. The number of hydrogen-bond donors (Lipinski definition) is 1. The molecule has 1 aromatic heterocycles. The molecule has 6 heteroatoms. The van der Waals surface area contributed by atoms with E-state index in [4.69, 9.17) is 5.11 Å². The van der Waals surface area contributed by atoms with Crippen molar-refractivity contribution in [2.24, 2.45) is 0 Å². The topological polar surface area (TPSA) is 50.2 Å². The van der Waals surface area contributed by atoms with Crippen molar-refractivity contribution in [1.29, 1.82) is 0 Å². The van der Waals surface area contributed by atoms with Gasteiger partial charge in [0.15, 0.2) is 0 Å². The average Bonchev–Trinajstić information content (AvgIpc) is 2.43.